The largest absolute Gasteiger partial charge is 0.872 e. The Morgan fingerprint density at radius 1 is 1.12 bits per heavy atom. The second kappa shape index (κ2) is 11.9. The topological polar surface area (TPSA) is 86.9 Å². The van der Waals surface area contributed by atoms with Gasteiger partial charge in [-0.3, -0.25) is 0 Å². The van der Waals surface area contributed by atoms with E-state index in [9.17, 15) is 10.2 Å². The summed E-state index contributed by atoms with van der Waals surface area (Å²) < 4.78 is 4.96. The number of rotatable bonds is 0. The molecule has 0 spiro atoms. The summed E-state index contributed by atoms with van der Waals surface area (Å²) in [5.41, 5.74) is 1.25. The molecule has 1 aromatic rings. The van der Waals surface area contributed by atoms with Crippen molar-refractivity contribution < 1.29 is 40.8 Å². The van der Waals surface area contributed by atoms with Crippen LogP contribution >= 0.6 is 0 Å². The summed E-state index contributed by atoms with van der Waals surface area (Å²) in [7, 11) is 0. The fourth-order valence-electron chi connectivity index (χ4n) is 6.46. The molecular formula is C25H31O4ReS3-5. The molecule has 0 amide bonds. The molecule has 3 fully saturated rings. The van der Waals surface area contributed by atoms with Crippen molar-refractivity contribution in [2.75, 3.05) is 19.0 Å². The van der Waals surface area contributed by atoms with Crippen LogP contribution in [0.5, 0.6) is 5.75 Å². The molecule has 5 unspecified atom stereocenters. The van der Waals surface area contributed by atoms with Crippen molar-refractivity contribution in [2.24, 2.45) is 17.3 Å². The maximum Gasteiger partial charge on any atom is 0.0260 e. The first-order chi connectivity index (χ1) is 14.8. The quantitative estimate of drug-likeness (QED) is 0.304. The Bertz CT molecular complexity index is 867. The van der Waals surface area contributed by atoms with E-state index in [-0.39, 0.29) is 47.6 Å². The van der Waals surface area contributed by atoms with Crippen LogP contribution in [0.4, 0.5) is 0 Å². The normalized spacial score (nSPS) is 38.0. The molecule has 0 aromatic heterocycles. The first kappa shape index (κ1) is 29.4. The predicted molar refractivity (Wildman–Crippen MR) is 130 cm³/mol. The van der Waals surface area contributed by atoms with Crippen LogP contribution in [0.3, 0.4) is 0 Å². The maximum absolute atomic E-state index is 13.5. The first-order valence-corrected chi connectivity index (χ1v) is 12.8. The molecule has 1 aromatic carbocycles. The third-order valence-electron chi connectivity index (χ3n) is 8.16. The summed E-state index contributed by atoms with van der Waals surface area (Å²) in [6.07, 6.45) is 5.71. The van der Waals surface area contributed by atoms with E-state index in [4.69, 9.17) is 42.6 Å². The van der Waals surface area contributed by atoms with Crippen LogP contribution in [-0.2, 0) is 69.5 Å². The van der Waals surface area contributed by atoms with Crippen LogP contribution in [0, 0.1) is 29.1 Å². The van der Waals surface area contributed by atoms with Gasteiger partial charge in [0.2, 0.25) is 0 Å². The zero-order valence-electron chi connectivity index (χ0n) is 18.8. The van der Waals surface area contributed by atoms with Gasteiger partial charge < -0.3 is 58.3 Å². The Morgan fingerprint density at radius 3 is 2.42 bits per heavy atom. The summed E-state index contributed by atoms with van der Waals surface area (Å²) >= 11 is 14.7. The van der Waals surface area contributed by atoms with E-state index >= 15 is 0 Å². The van der Waals surface area contributed by atoms with Crippen molar-refractivity contribution in [3.63, 3.8) is 0 Å². The zero-order valence-corrected chi connectivity index (χ0v) is 24.0. The fraction of sp³-hybridized carbons (Fsp3) is 0.680. The van der Waals surface area contributed by atoms with E-state index in [1.807, 2.05) is 12.1 Å². The summed E-state index contributed by atoms with van der Waals surface area (Å²) in [6, 6.07) is 5.57. The Labute approximate surface area is 228 Å². The SMILES string of the molecule is C[C@]12CCC3c4ccc([O-])cc4CCC3C1CC[C@@]2([O-])C#CC[S-].O.[Re].[S-]C1COCC1[S-]. The number of ether oxygens (including phenoxy) is 1. The number of benzene rings is 1. The molecule has 1 radical (unpaired) electrons. The van der Waals surface area contributed by atoms with Gasteiger partial charge in [0.15, 0.2) is 0 Å². The molecule has 2 saturated carbocycles. The van der Waals surface area contributed by atoms with Crippen LogP contribution in [-0.4, -0.2) is 40.5 Å². The van der Waals surface area contributed by atoms with E-state index in [0.717, 1.165) is 32.1 Å². The second-order valence-corrected chi connectivity index (χ2v) is 11.2. The van der Waals surface area contributed by atoms with Crippen molar-refractivity contribution >= 4 is 37.9 Å². The second-order valence-electron chi connectivity index (χ2n) is 9.66. The summed E-state index contributed by atoms with van der Waals surface area (Å²) in [6.45, 7) is 3.55. The molecule has 1 aliphatic heterocycles. The van der Waals surface area contributed by atoms with Crippen molar-refractivity contribution in [2.45, 2.75) is 67.5 Å². The van der Waals surface area contributed by atoms with Crippen LogP contribution in [0.2, 0.25) is 0 Å². The predicted octanol–water partition coefficient (Wildman–Crippen LogP) is 1.29. The van der Waals surface area contributed by atoms with Gasteiger partial charge in [0.05, 0.1) is 0 Å². The van der Waals surface area contributed by atoms with Gasteiger partial charge in [-0.15, -0.1) is 23.3 Å². The van der Waals surface area contributed by atoms with Crippen LogP contribution < -0.4 is 10.2 Å². The zero-order chi connectivity index (χ0) is 22.2. The van der Waals surface area contributed by atoms with E-state index in [0.29, 0.717) is 43.1 Å². The number of hydrogen-bond donors (Lipinski definition) is 0. The molecule has 5 rings (SSSR count). The Kier molecular flexibility index (Phi) is 10.6. The van der Waals surface area contributed by atoms with Gasteiger partial charge in [-0.2, -0.15) is 10.5 Å². The fourth-order valence-corrected chi connectivity index (χ4v) is 6.88. The molecular weight excluding hydrogens is 647 g/mol. The van der Waals surface area contributed by atoms with Gasteiger partial charge in [0.25, 0.3) is 0 Å². The van der Waals surface area contributed by atoms with Crippen LogP contribution in [0.1, 0.15) is 56.1 Å². The molecule has 4 nitrogen and oxygen atoms in total. The van der Waals surface area contributed by atoms with E-state index < -0.39 is 5.60 Å². The molecule has 0 bridgehead atoms. The molecule has 1 saturated heterocycles. The number of fused-ring (bicyclic) bond motifs is 5. The van der Waals surface area contributed by atoms with Gasteiger partial charge in [0.1, 0.15) is 0 Å². The molecule has 4 aliphatic rings. The van der Waals surface area contributed by atoms with E-state index in [1.165, 1.54) is 11.1 Å². The Hall–Kier alpha value is 0.172. The standard InChI is InChI=1S/C21H25O2S.C4H8OS2.H2O.Re/c1-20-10-7-17-16-6-4-15(22)13-14(16)3-5-18(17)19(20)8-11-21(20,23)9-2-12-24;6-3-1-5-2-4(3)7;;/h4,6,13,17-19,22,24H,3,5,7-8,10-12H2,1H3;3-4,6-7H,1-2H2;1H2;/q-1;;;/p-4/t17?,18?,19?,20-,21-;;;/m0.../s1. The van der Waals surface area contributed by atoms with Crippen LogP contribution in [0.25, 0.3) is 0 Å². The Balaban J connectivity index is 0.000000371. The molecule has 7 atom stereocenters. The third-order valence-corrected chi connectivity index (χ3v) is 9.40. The summed E-state index contributed by atoms with van der Waals surface area (Å²) in [5, 5.41) is 25.5. The van der Waals surface area contributed by atoms with Crippen molar-refractivity contribution in [3.05, 3.63) is 29.3 Å². The summed E-state index contributed by atoms with van der Waals surface area (Å²) in [5.74, 6) is 7.92. The van der Waals surface area contributed by atoms with Crippen LogP contribution in [0.15, 0.2) is 18.2 Å². The molecule has 1 heterocycles. The smallest absolute Gasteiger partial charge is 0.0260 e. The average Bonchev–Trinajstić information content (AvgIpc) is 3.26. The summed E-state index contributed by atoms with van der Waals surface area (Å²) in [4.78, 5) is 0. The van der Waals surface area contributed by atoms with Crippen molar-refractivity contribution in [3.8, 4) is 17.6 Å². The minimum absolute atomic E-state index is 0. The van der Waals surface area contributed by atoms with Gasteiger partial charge in [-0.1, -0.05) is 31.5 Å². The molecule has 2 N–H and O–H groups in total. The molecule has 3 aliphatic carbocycles. The van der Waals surface area contributed by atoms with Crippen molar-refractivity contribution in [1.29, 1.82) is 0 Å². The third kappa shape index (κ3) is 5.62. The molecule has 185 valence electrons. The number of hydrogen-bond acceptors (Lipinski definition) is 6. The van der Waals surface area contributed by atoms with Gasteiger partial charge in [0, 0.05) is 33.6 Å². The van der Waals surface area contributed by atoms with Gasteiger partial charge in [-0.05, 0) is 72.0 Å². The van der Waals surface area contributed by atoms with Crippen molar-refractivity contribution in [1.82, 2.24) is 0 Å². The van der Waals surface area contributed by atoms with E-state index in [1.54, 1.807) is 6.07 Å². The molecule has 8 heteroatoms. The van der Waals surface area contributed by atoms with Gasteiger partial charge >= 0.3 is 0 Å². The van der Waals surface area contributed by atoms with Gasteiger partial charge in [-0.25, -0.2) is 0 Å². The number of aryl methyl sites for hydroxylation is 1. The monoisotopic (exact) mass is 678 g/mol. The van der Waals surface area contributed by atoms with E-state index in [2.05, 4.69) is 18.8 Å². The minimum Gasteiger partial charge on any atom is -0.872 e. The minimum atomic E-state index is -1.12. The average molecular weight is 678 g/mol. The molecule has 33 heavy (non-hydrogen) atoms. The Morgan fingerprint density at radius 2 is 1.82 bits per heavy atom. The first-order valence-electron chi connectivity index (χ1n) is 11.3. The maximum atomic E-state index is 13.5.